The standard InChI is InChI=1S/C14H12F6O/c1-8(13(17,18)14(19,20)12(15)16)11(9(2)21)10-6-4-3-5-7-10/h3-7,12,21H,2H2,1H3/b11-8-. The van der Waals surface area contributed by atoms with Crippen LogP contribution in [0.2, 0.25) is 0 Å². The number of aliphatic hydroxyl groups is 1. The first-order valence-corrected chi connectivity index (χ1v) is 5.72. The van der Waals surface area contributed by atoms with Gasteiger partial charge in [0.05, 0.1) is 0 Å². The molecular weight excluding hydrogens is 298 g/mol. The summed E-state index contributed by atoms with van der Waals surface area (Å²) in [5.74, 6) is -11.6. The normalized spacial score (nSPS) is 14.1. The van der Waals surface area contributed by atoms with Crippen LogP contribution in [0.15, 0.2) is 48.2 Å². The second kappa shape index (κ2) is 5.83. The van der Waals surface area contributed by atoms with Crippen LogP contribution < -0.4 is 0 Å². The first kappa shape index (κ1) is 17.1. The Hall–Kier alpha value is -1.92. The van der Waals surface area contributed by atoms with Crippen LogP contribution in [0.1, 0.15) is 12.5 Å². The molecule has 1 rings (SSSR count). The fraction of sp³-hybridized carbons (Fsp3) is 0.286. The van der Waals surface area contributed by atoms with Gasteiger partial charge in [0, 0.05) is 11.1 Å². The van der Waals surface area contributed by atoms with E-state index in [4.69, 9.17) is 0 Å². The molecule has 0 radical (unpaired) electrons. The summed E-state index contributed by atoms with van der Waals surface area (Å²) in [5.41, 5.74) is -2.11. The molecule has 0 aliphatic rings. The second-order valence-electron chi connectivity index (χ2n) is 4.31. The van der Waals surface area contributed by atoms with Crippen molar-refractivity contribution in [3.63, 3.8) is 0 Å². The molecule has 7 heteroatoms. The van der Waals surface area contributed by atoms with E-state index in [1.165, 1.54) is 30.3 Å². The Morgan fingerprint density at radius 1 is 1.10 bits per heavy atom. The van der Waals surface area contributed by atoms with Crippen molar-refractivity contribution in [3.05, 3.63) is 53.8 Å². The molecule has 0 fully saturated rings. The lowest BCUT2D eigenvalue weighted by molar-refractivity contribution is -0.246. The lowest BCUT2D eigenvalue weighted by Crippen LogP contribution is -2.47. The predicted molar refractivity (Wildman–Crippen MR) is 66.7 cm³/mol. The van der Waals surface area contributed by atoms with E-state index in [-0.39, 0.29) is 5.56 Å². The molecule has 1 aromatic rings. The molecule has 0 unspecified atom stereocenters. The van der Waals surface area contributed by atoms with Crippen molar-refractivity contribution in [2.24, 2.45) is 0 Å². The molecule has 0 aliphatic heterocycles. The van der Waals surface area contributed by atoms with Gasteiger partial charge in [-0.15, -0.1) is 0 Å². The van der Waals surface area contributed by atoms with Crippen LogP contribution in [0.4, 0.5) is 26.3 Å². The number of halogens is 6. The van der Waals surface area contributed by atoms with E-state index in [0.29, 0.717) is 6.92 Å². The average molecular weight is 310 g/mol. The number of hydrogen-bond acceptors (Lipinski definition) is 1. The Bertz CT molecular complexity index is 548. The largest absolute Gasteiger partial charge is 0.508 e. The fourth-order valence-electron chi connectivity index (χ4n) is 1.75. The topological polar surface area (TPSA) is 20.2 Å². The minimum absolute atomic E-state index is 0.0350. The molecule has 21 heavy (non-hydrogen) atoms. The number of rotatable bonds is 5. The highest BCUT2D eigenvalue weighted by molar-refractivity contribution is 5.79. The lowest BCUT2D eigenvalue weighted by atomic mass is 9.93. The highest BCUT2D eigenvalue weighted by Gasteiger charge is 2.64. The van der Waals surface area contributed by atoms with Crippen molar-refractivity contribution in [1.82, 2.24) is 0 Å². The number of allylic oxidation sites excluding steroid dienone is 2. The van der Waals surface area contributed by atoms with Crippen molar-refractivity contribution in [2.75, 3.05) is 0 Å². The van der Waals surface area contributed by atoms with Gasteiger partial charge in [-0.1, -0.05) is 36.9 Å². The zero-order chi connectivity index (χ0) is 16.4. The summed E-state index contributed by atoms with van der Waals surface area (Å²) < 4.78 is 77.9. The van der Waals surface area contributed by atoms with E-state index in [9.17, 15) is 31.4 Å². The molecule has 0 saturated heterocycles. The van der Waals surface area contributed by atoms with Gasteiger partial charge in [0.15, 0.2) is 0 Å². The van der Waals surface area contributed by atoms with Crippen LogP contribution in [-0.2, 0) is 0 Å². The van der Waals surface area contributed by atoms with Crippen molar-refractivity contribution >= 4 is 5.57 Å². The Kier molecular flexibility index (Phi) is 4.76. The quantitative estimate of drug-likeness (QED) is 0.457. The molecule has 1 N–H and O–H groups in total. The molecule has 0 heterocycles. The molecule has 0 amide bonds. The maximum absolute atomic E-state index is 13.7. The maximum Gasteiger partial charge on any atom is 0.373 e. The third-order valence-electron chi connectivity index (χ3n) is 2.89. The summed E-state index contributed by atoms with van der Waals surface area (Å²) >= 11 is 0. The van der Waals surface area contributed by atoms with E-state index in [1.807, 2.05) is 0 Å². The monoisotopic (exact) mass is 310 g/mol. The lowest BCUT2D eigenvalue weighted by Gasteiger charge is -2.28. The van der Waals surface area contributed by atoms with Crippen molar-refractivity contribution in [3.8, 4) is 0 Å². The van der Waals surface area contributed by atoms with Crippen molar-refractivity contribution in [1.29, 1.82) is 0 Å². The van der Waals surface area contributed by atoms with Gasteiger partial charge in [0.25, 0.3) is 0 Å². The fourth-order valence-corrected chi connectivity index (χ4v) is 1.75. The maximum atomic E-state index is 13.7. The van der Waals surface area contributed by atoms with Crippen molar-refractivity contribution in [2.45, 2.75) is 25.2 Å². The van der Waals surface area contributed by atoms with Gasteiger partial charge in [-0.2, -0.15) is 17.6 Å². The summed E-state index contributed by atoms with van der Waals surface area (Å²) in [7, 11) is 0. The third-order valence-corrected chi connectivity index (χ3v) is 2.89. The Balaban J connectivity index is 3.52. The van der Waals surface area contributed by atoms with Gasteiger partial charge in [-0.05, 0) is 12.5 Å². The van der Waals surface area contributed by atoms with Gasteiger partial charge in [0.2, 0.25) is 0 Å². The minimum Gasteiger partial charge on any atom is -0.508 e. The SMILES string of the molecule is C=C(O)/C(=C(\C)C(F)(F)C(F)(F)C(F)F)c1ccccc1. The molecule has 0 saturated carbocycles. The minimum atomic E-state index is -5.56. The molecule has 1 aromatic carbocycles. The van der Waals surface area contributed by atoms with E-state index in [2.05, 4.69) is 6.58 Å². The van der Waals surface area contributed by atoms with Crippen LogP contribution in [0.5, 0.6) is 0 Å². The van der Waals surface area contributed by atoms with Crippen molar-refractivity contribution < 1.29 is 31.4 Å². The number of alkyl halides is 6. The van der Waals surface area contributed by atoms with Gasteiger partial charge < -0.3 is 5.11 Å². The van der Waals surface area contributed by atoms with E-state index in [1.54, 1.807) is 0 Å². The highest BCUT2D eigenvalue weighted by Crippen LogP contribution is 2.46. The molecule has 0 aromatic heterocycles. The van der Waals surface area contributed by atoms with E-state index in [0.717, 1.165) is 0 Å². The summed E-state index contributed by atoms with van der Waals surface area (Å²) in [6.45, 7) is 3.58. The van der Waals surface area contributed by atoms with E-state index < -0.39 is 35.2 Å². The molecule has 116 valence electrons. The summed E-state index contributed by atoms with van der Waals surface area (Å²) in [4.78, 5) is 0. The number of benzene rings is 1. The van der Waals surface area contributed by atoms with E-state index >= 15 is 0 Å². The van der Waals surface area contributed by atoms with Crippen LogP contribution in [0.25, 0.3) is 5.57 Å². The second-order valence-corrected chi connectivity index (χ2v) is 4.31. The molecular formula is C14H12F6O. The first-order valence-electron chi connectivity index (χ1n) is 5.72. The molecule has 0 atom stereocenters. The average Bonchev–Trinajstić information content (AvgIpc) is 2.39. The molecule has 0 aliphatic carbocycles. The van der Waals surface area contributed by atoms with Crippen LogP contribution in [0.3, 0.4) is 0 Å². The third kappa shape index (κ3) is 3.06. The number of hydrogen-bond donors (Lipinski definition) is 1. The van der Waals surface area contributed by atoms with Crippen LogP contribution in [0, 0.1) is 0 Å². The highest BCUT2D eigenvalue weighted by atomic mass is 19.3. The van der Waals surface area contributed by atoms with Gasteiger partial charge >= 0.3 is 18.3 Å². The first-order chi connectivity index (χ1) is 9.53. The zero-order valence-corrected chi connectivity index (χ0v) is 10.9. The summed E-state index contributed by atoms with van der Waals surface area (Å²) in [5, 5.41) is 9.39. The molecule has 0 spiro atoms. The van der Waals surface area contributed by atoms with Crippen LogP contribution >= 0.6 is 0 Å². The number of aliphatic hydroxyl groups excluding tert-OH is 1. The van der Waals surface area contributed by atoms with Crippen LogP contribution in [-0.4, -0.2) is 23.4 Å². The smallest absolute Gasteiger partial charge is 0.373 e. The Morgan fingerprint density at radius 3 is 1.95 bits per heavy atom. The molecule has 1 nitrogen and oxygen atoms in total. The van der Waals surface area contributed by atoms with Gasteiger partial charge in [-0.25, -0.2) is 8.78 Å². The Morgan fingerprint density at radius 2 is 1.57 bits per heavy atom. The molecule has 0 bridgehead atoms. The predicted octanol–water partition coefficient (Wildman–Crippen LogP) is 5.07. The summed E-state index contributed by atoms with van der Waals surface area (Å²) in [6, 6.07) is 6.88. The zero-order valence-electron chi connectivity index (χ0n) is 10.9. The van der Waals surface area contributed by atoms with Gasteiger partial charge in [0.1, 0.15) is 5.76 Å². The van der Waals surface area contributed by atoms with Gasteiger partial charge in [-0.3, -0.25) is 0 Å². The summed E-state index contributed by atoms with van der Waals surface area (Å²) in [6.07, 6.45) is -4.55. The Labute approximate surface area is 117 Å².